The molecule has 2 aromatic carbocycles. The summed E-state index contributed by atoms with van der Waals surface area (Å²) in [6.45, 7) is 7.93. The van der Waals surface area contributed by atoms with Crippen molar-refractivity contribution in [1.82, 2.24) is 0 Å². The lowest BCUT2D eigenvalue weighted by molar-refractivity contribution is -0.118. The minimum Gasteiger partial charge on any atom is -0.326 e. The second kappa shape index (κ2) is 9.29. The van der Waals surface area contributed by atoms with Gasteiger partial charge in [0.1, 0.15) is 0 Å². The average Bonchev–Trinajstić information content (AvgIpc) is 2.55. The zero-order valence-electron chi connectivity index (χ0n) is 16.0. The maximum atomic E-state index is 12.4. The molecule has 1 unspecified atom stereocenters. The SMILES string of the molecule is CC(Sc1cccc(NC(=O)CC(C)(C)C)c1)C(=O)Nc1ccc(Cl)cc1. The van der Waals surface area contributed by atoms with E-state index in [2.05, 4.69) is 10.6 Å². The van der Waals surface area contributed by atoms with Crippen molar-refractivity contribution in [2.45, 2.75) is 44.3 Å². The zero-order chi connectivity index (χ0) is 20.0. The Bertz CT molecular complexity index is 801. The number of carbonyl (C=O) groups is 2. The molecule has 0 radical (unpaired) electrons. The molecular weight excluding hydrogens is 380 g/mol. The molecule has 0 aliphatic carbocycles. The first kappa shape index (κ1) is 21.3. The highest BCUT2D eigenvalue weighted by Crippen LogP contribution is 2.27. The number of thioether (sulfide) groups is 1. The molecule has 0 saturated heterocycles. The van der Waals surface area contributed by atoms with E-state index < -0.39 is 0 Å². The molecule has 0 aliphatic rings. The van der Waals surface area contributed by atoms with Gasteiger partial charge >= 0.3 is 0 Å². The number of hydrogen-bond donors (Lipinski definition) is 2. The fourth-order valence-electron chi connectivity index (χ4n) is 2.37. The summed E-state index contributed by atoms with van der Waals surface area (Å²) in [4.78, 5) is 25.4. The highest BCUT2D eigenvalue weighted by molar-refractivity contribution is 8.00. The van der Waals surface area contributed by atoms with Crippen LogP contribution in [0.15, 0.2) is 53.4 Å². The predicted molar refractivity (Wildman–Crippen MR) is 115 cm³/mol. The first-order valence-corrected chi connectivity index (χ1v) is 10.0. The van der Waals surface area contributed by atoms with E-state index in [0.29, 0.717) is 17.1 Å². The van der Waals surface area contributed by atoms with Crippen molar-refractivity contribution in [3.63, 3.8) is 0 Å². The quantitative estimate of drug-likeness (QED) is 0.595. The molecule has 0 spiro atoms. The van der Waals surface area contributed by atoms with Crippen LogP contribution in [0.3, 0.4) is 0 Å². The third-order valence-corrected chi connectivity index (χ3v) is 4.95. The van der Waals surface area contributed by atoms with Crippen molar-refractivity contribution in [3.8, 4) is 0 Å². The summed E-state index contributed by atoms with van der Waals surface area (Å²) in [6, 6.07) is 14.5. The van der Waals surface area contributed by atoms with Crippen LogP contribution < -0.4 is 10.6 Å². The summed E-state index contributed by atoms with van der Waals surface area (Å²) in [7, 11) is 0. The van der Waals surface area contributed by atoms with E-state index in [9.17, 15) is 9.59 Å². The Labute approximate surface area is 170 Å². The Kier molecular flexibility index (Phi) is 7.33. The molecule has 0 bridgehead atoms. The van der Waals surface area contributed by atoms with Crippen LogP contribution >= 0.6 is 23.4 Å². The van der Waals surface area contributed by atoms with Gasteiger partial charge in [0, 0.05) is 27.7 Å². The topological polar surface area (TPSA) is 58.2 Å². The second-order valence-electron chi connectivity index (χ2n) is 7.57. The number of rotatable bonds is 6. The average molecular weight is 405 g/mol. The van der Waals surface area contributed by atoms with Gasteiger partial charge in [-0.3, -0.25) is 9.59 Å². The van der Waals surface area contributed by atoms with Crippen molar-refractivity contribution < 1.29 is 9.59 Å². The standard InChI is InChI=1S/C21H25ClN2O2S/c1-14(20(26)24-16-10-8-15(22)9-11-16)27-18-7-5-6-17(12-18)23-19(25)13-21(2,3)4/h5-12,14H,13H2,1-4H3,(H,23,25)(H,24,26). The molecule has 6 heteroatoms. The highest BCUT2D eigenvalue weighted by Gasteiger charge is 2.17. The Balaban J connectivity index is 1.95. The lowest BCUT2D eigenvalue weighted by atomic mass is 9.92. The monoisotopic (exact) mass is 404 g/mol. The van der Waals surface area contributed by atoms with Crippen molar-refractivity contribution in [2.24, 2.45) is 5.41 Å². The van der Waals surface area contributed by atoms with Gasteiger partial charge < -0.3 is 10.6 Å². The number of amides is 2. The van der Waals surface area contributed by atoms with Gasteiger partial charge in [-0.1, -0.05) is 38.4 Å². The van der Waals surface area contributed by atoms with E-state index >= 15 is 0 Å². The normalized spacial score (nSPS) is 12.3. The molecular formula is C21H25ClN2O2S. The maximum absolute atomic E-state index is 12.4. The molecule has 27 heavy (non-hydrogen) atoms. The van der Waals surface area contributed by atoms with Gasteiger partial charge in [-0.15, -0.1) is 11.8 Å². The number of carbonyl (C=O) groups excluding carboxylic acids is 2. The van der Waals surface area contributed by atoms with Crippen LogP contribution in [0, 0.1) is 5.41 Å². The largest absolute Gasteiger partial charge is 0.326 e. The van der Waals surface area contributed by atoms with Crippen LogP contribution in [0.1, 0.15) is 34.1 Å². The lowest BCUT2D eigenvalue weighted by Gasteiger charge is -2.17. The van der Waals surface area contributed by atoms with Crippen molar-refractivity contribution in [3.05, 3.63) is 53.6 Å². The van der Waals surface area contributed by atoms with E-state index in [1.165, 1.54) is 11.8 Å². The Morgan fingerprint density at radius 3 is 2.33 bits per heavy atom. The van der Waals surface area contributed by atoms with Gasteiger partial charge in [-0.05, 0) is 54.8 Å². The molecule has 0 heterocycles. The Hall–Kier alpha value is -1.98. The van der Waals surface area contributed by atoms with Gasteiger partial charge in [-0.2, -0.15) is 0 Å². The van der Waals surface area contributed by atoms with Gasteiger partial charge in [0.15, 0.2) is 0 Å². The first-order chi connectivity index (χ1) is 12.6. The Morgan fingerprint density at radius 2 is 1.70 bits per heavy atom. The van der Waals surface area contributed by atoms with Gasteiger partial charge in [0.2, 0.25) is 11.8 Å². The van der Waals surface area contributed by atoms with Gasteiger partial charge in [-0.25, -0.2) is 0 Å². The van der Waals surface area contributed by atoms with Crippen LogP contribution in [-0.2, 0) is 9.59 Å². The predicted octanol–water partition coefficient (Wildman–Crippen LogP) is 5.83. The maximum Gasteiger partial charge on any atom is 0.237 e. The second-order valence-corrected chi connectivity index (χ2v) is 9.42. The van der Waals surface area contributed by atoms with Crippen LogP contribution in [-0.4, -0.2) is 17.1 Å². The van der Waals surface area contributed by atoms with E-state index in [-0.39, 0.29) is 22.5 Å². The van der Waals surface area contributed by atoms with Crippen molar-refractivity contribution in [1.29, 1.82) is 0 Å². The fraction of sp³-hybridized carbons (Fsp3) is 0.333. The minimum atomic E-state index is -0.291. The smallest absolute Gasteiger partial charge is 0.237 e. The molecule has 4 nitrogen and oxygen atoms in total. The van der Waals surface area contributed by atoms with E-state index in [1.807, 2.05) is 52.0 Å². The highest BCUT2D eigenvalue weighted by atomic mass is 35.5. The molecule has 2 amide bonds. The number of benzene rings is 2. The van der Waals surface area contributed by atoms with Crippen molar-refractivity contribution in [2.75, 3.05) is 10.6 Å². The third-order valence-electron chi connectivity index (χ3n) is 3.60. The van der Waals surface area contributed by atoms with E-state index in [1.54, 1.807) is 24.3 Å². The van der Waals surface area contributed by atoms with Gasteiger partial charge in [0.05, 0.1) is 5.25 Å². The summed E-state index contributed by atoms with van der Waals surface area (Å²) >= 11 is 7.30. The summed E-state index contributed by atoms with van der Waals surface area (Å²) in [5.74, 6) is -0.109. The molecule has 2 aromatic rings. The summed E-state index contributed by atoms with van der Waals surface area (Å²) in [5.41, 5.74) is 1.38. The van der Waals surface area contributed by atoms with E-state index in [4.69, 9.17) is 11.6 Å². The molecule has 2 rings (SSSR count). The fourth-order valence-corrected chi connectivity index (χ4v) is 3.42. The molecule has 1 atom stereocenters. The summed E-state index contributed by atoms with van der Waals surface area (Å²) in [5, 5.41) is 6.13. The molecule has 2 N–H and O–H groups in total. The number of anilines is 2. The zero-order valence-corrected chi connectivity index (χ0v) is 17.6. The first-order valence-electron chi connectivity index (χ1n) is 8.75. The minimum absolute atomic E-state index is 0.0156. The molecule has 0 aromatic heterocycles. The van der Waals surface area contributed by atoms with Crippen LogP contribution in [0.2, 0.25) is 5.02 Å². The molecule has 0 aliphatic heterocycles. The number of nitrogens with one attached hydrogen (secondary N) is 2. The van der Waals surface area contributed by atoms with Crippen LogP contribution in [0.5, 0.6) is 0 Å². The molecule has 0 fully saturated rings. The third kappa shape index (κ3) is 7.65. The van der Waals surface area contributed by atoms with Crippen LogP contribution in [0.4, 0.5) is 11.4 Å². The lowest BCUT2D eigenvalue weighted by Crippen LogP contribution is -2.22. The summed E-state index contributed by atoms with van der Waals surface area (Å²) in [6.07, 6.45) is 0.449. The Morgan fingerprint density at radius 1 is 1.04 bits per heavy atom. The summed E-state index contributed by atoms with van der Waals surface area (Å²) < 4.78 is 0. The molecule has 144 valence electrons. The number of halogens is 1. The number of hydrogen-bond acceptors (Lipinski definition) is 3. The molecule has 0 saturated carbocycles. The van der Waals surface area contributed by atoms with E-state index in [0.717, 1.165) is 10.6 Å². The van der Waals surface area contributed by atoms with Crippen molar-refractivity contribution >= 4 is 46.6 Å². The van der Waals surface area contributed by atoms with Crippen LogP contribution in [0.25, 0.3) is 0 Å². The van der Waals surface area contributed by atoms with Gasteiger partial charge in [0.25, 0.3) is 0 Å².